The van der Waals surface area contributed by atoms with Crippen molar-refractivity contribution < 1.29 is 4.79 Å². The van der Waals surface area contributed by atoms with E-state index >= 15 is 0 Å². The van der Waals surface area contributed by atoms with Crippen LogP contribution in [0.5, 0.6) is 0 Å². The number of allylic oxidation sites excluding steroid dienone is 1. The van der Waals surface area contributed by atoms with Crippen LogP contribution in [0.25, 0.3) is 6.08 Å². The molecule has 1 nitrogen and oxygen atoms in total. The van der Waals surface area contributed by atoms with Crippen LogP contribution in [-0.4, -0.2) is 5.78 Å². The van der Waals surface area contributed by atoms with E-state index in [0.717, 1.165) is 18.7 Å². The smallest absolute Gasteiger partial charge is 0.155 e. The van der Waals surface area contributed by atoms with E-state index in [1.807, 2.05) is 19.1 Å². The van der Waals surface area contributed by atoms with Crippen LogP contribution in [0.15, 0.2) is 19.9 Å². The molecule has 1 aromatic rings. The first-order chi connectivity index (χ1) is 6.00. The molecule has 0 aliphatic carbocycles. The maximum absolute atomic E-state index is 11.0. The minimum atomic E-state index is 0.112. The SMILES string of the molecule is CC(=O)/C(C)=C/c1cc(Br)c(Br)s1. The molecule has 0 saturated heterocycles. The van der Waals surface area contributed by atoms with Gasteiger partial charge in [-0.2, -0.15) is 0 Å². The second-order valence-electron chi connectivity index (χ2n) is 2.65. The number of rotatable bonds is 2. The summed E-state index contributed by atoms with van der Waals surface area (Å²) in [6.07, 6.45) is 1.89. The number of Topliss-reactive ketones (excluding diaryl/α,β-unsaturated/α-hetero) is 1. The molecule has 1 heterocycles. The van der Waals surface area contributed by atoms with Crippen LogP contribution in [0.4, 0.5) is 0 Å². The number of ketones is 1. The average molecular weight is 324 g/mol. The number of halogens is 2. The molecule has 0 bridgehead atoms. The highest BCUT2D eigenvalue weighted by atomic mass is 79.9. The van der Waals surface area contributed by atoms with Crippen molar-refractivity contribution in [2.45, 2.75) is 13.8 Å². The molecule has 0 atom stereocenters. The molecule has 0 fully saturated rings. The molecule has 0 amide bonds. The fourth-order valence-electron chi connectivity index (χ4n) is 0.749. The van der Waals surface area contributed by atoms with E-state index in [2.05, 4.69) is 31.9 Å². The van der Waals surface area contributed by atoms with Gasteiger partial charge in [-0.1, -0.05) is 0 Å². The molecule has 1 aromatic heterocycles. The summed E-state index contributed by atoms with van der Waals surface area (Å²) in [7, 11) is 0. The summed E-state index contributed by atoms with van der Waals surface area (Å²) in [6.45, 7) is 3.40. The van der Waals surface area contributed by atoms with Crippen LogP contribution in [0.3, 0.4) is 0 Å². The van der Waals surface area contributed by atoms with Gasteiger partial charge in [0, 0.05) is 9.35 Å². The lowest BCUT2D eigenvalue weighted by Gasteiger charge is -1.90. The summed E-state index contributed by atoms with van der Waals surface area (Å²) < 4.78 is 2.08. The standard InChI is InChI=1S/C9H8Br2OS/c1-5(6(2)12)3-7-4-8(10)9(11)13-7/h3-4H,1-2H3/b5-3+. The van der Waals surface area contributed by atoms with Crippen molar-refractivity contribution in [1.82, 2.24) is 0 Å². The van der Waals surface area contributed by atoms with Crippen LogP contribution < -0.4 is 0 Å². The van der Waals surface area contributed by atoms with Gasteiger partial charge in [-0.3, -0.25) is 4.79 Å². The molecule has 0 aliphatic heterocycles. The molecule has 13 heavy (non-hydrogen) atoms. The summed E-state index contributed by atoms with van der Waals surface area (Å²) in [4.78, 5) is 12.0. The summed E-state index contributed by atoms with van der Waals surface area (Å²) >= 11 is 8.39. The first kappa shape index (κ1) is 11.1. The summed E-state index contributed by atoms with van der Waals surface area (Å²) in [5.74, 6) is 0.112. The minimum absolute atomic E-state index is 0.112. The van der Waals surface area contributed by atoms with E-state index in [1.54, 1.807) is 18.3 Å². The third-order valence-electron chi connectivity index (χ3n) is 1.58. The van der Waals surface area contributed by atoms with Gasteiger partial charge in [0.25, 0.3) is 0 Å². The quantitative estimate of drug-likeness (QED) is 0.743. The van der Waals surface area contributed by atoms with Gasteiger partial charge in [-0.05, 0) is 63.4 Å². The van der Waals surface area contributed by atoms with Gasteiger partial charge in [0.15, 0.2) is 5.78 Å². The third-order valence-corrected chi connectivity index (χ3v) is 4.78. The van der Waals surface area contributed by atoms with Gasteiger partial charge in [0.1, 0.15) is 0 Å². The summed E-state index contributed by atoms with van der Waals surface area (Å²) in [5, 5.41) is 0. The lowest BCUT2D eigenvalue weighted by atomic mass is 10.2. The highest BCUT2D eigenvalue weighted by molar-refractivity contribution is 9.13. The number of carbonyl (C=O) groups is 1. The Morgan fingerprint density at radius 3 is 2.46 bits per heavy atom. The highest BCUT2D eigenvalue weighted by Crippen LogP contribution is 2.33. The lowest BCUT2D eigenvalue weighted by Crippen LogP contribution is -1.89. The fourth-order valence-corrected chi connectivity index (χ4v) is 2.84. The Bertz CT molecular complexity index is 346. The second-order valence-corrected chi connectivity index (χ2v) is 5.91. The van der Waals surface area contributed by atoms with Gasteiger partial charge >= 0.3 is 0 Å². The molecule has 1 rings (SSSR count). The van der Waals surface area contributed by atoms with Crippen LogP contribution in [0.2, 0.25) is 0 Å². The number of thiophene rings is 1. The Balaban J connectivity index is 2.98. The maximum atomic E-state index is 11.0. The molecule has 70 valence electrons. The van der Waals surface area contributed by atoms with Gasteiger partial charge in [0.2, 0.25) is 0 Å². The average Bonchev–Trinajstić information content (AvgIpc) is 2.31. The fraction of sp³-hybridized carbons (Fsp3) is 0.222. The van der Waals surface area contributed by atoms with E-state index in [4.69, 9.17) is 0 Å². The third kappa shape index (κ3) is 3.04. The second kappa shape index (κ2) is 4.53. The van der Waals surface area contributed by atoms with Crippen LogP contribution in [0, 0.1) is 0 Å². The molecule has 0 unspecified atom stereocenters. The van der Waals surface area contributed by atoms with Crippen molar-refractivity contribution in [3.8, 4) is 0 Å². The molecule has 0 aliphatic rings. The molecule has 0 saturated carbocycles. The molecular formula is C9H8Br2OS. The van der Waals surface area contributed by atoms with Crippen LogP contribution in [-0.2, 0) is 4.79 Å². The van der Waals surface area contributed by atoms with Gasteiger partial charge in [-0.15, -0.1) is 11.3 Å². The largest absolute Gasteiger partial charge is 0.295 e. The predicted octanol–water partition coefficient (Wildman–Crippen LogP) is 4.27. The number of hydrogen-bond acceptors (Lipinski definition) is 2. The maximum Gasteiger partial charge on any atom is 0.155 e. The first-order valence-electron chi connectivity index (χ1n) is 3.65. The van der Waals surface area contributed by atoms with Gasteiger partial charge in [0.05, 0.1) is 3.79 Å². The van der Waals surface area contributed by atoms with Crippen molar-refractivity contribution in [1.29, 1.82) is 0 Å². The van der Waals surface area contributed by atoms with Crippen LogP contribution in [0.1, 0.15) is 18.7 Å². The summed E-state index contributed by atoms with van der Waals surface area (Å²) in [5.41, 5.74) is 0.779. The van der Waals surface area contributed by atoms with Crippen molar-refractivity contribution >= 4 is 55.1 Å². The molecule has 0 N–H and O–H groups in total. The molecular weight excluding hydrogens is 316 g/mol. The Labute approximate surface area is 98.1 Å². The molecule has 0 aromatic carbocycles. The Hall–Kier alpha value is 0.0700. The topological polar surface area (TPSA) is 17.1 Å². The zero-order valence-electron chi connectivity index (χ0n) is 7.23. The Kier molecular flexibility index (Phi) is 3.88. The number of carbonyl (C=O) groups excluding carboxylic acids is 1. The Morgan fingerprint density at radius 1 is 1.46 bits per heavy atom. The van der Waals surface area contributed by atoms with Gasteiger partial charge in [-0.25, -0.2) is 0 Å². The van der Waals surface area contributed by atoms with Crippen molar-refractivity contribution in [3.63, 3.8) is 0 Å². The highest BCUT2D eigenvalue weighted by Gasteiger charge is 2.03. The normalized spacial score (nSPS) is 11.8. The predicted molar refractivity (Wildman–Crippen MR) is 64.1 cm³/mol. The molecule has 0 radical (unpaired) electrons. The minimum Gasteiger partial charge on any atom is -0.295 e. The number of hydrogen-bond donors (Lipinski definition) is 0. The van der Waals surface area contributed by atoms with E-state index in [0.29, 0.717) is 0 Å². The van der Waals surface area contributed by atoms with E-state index in [9.17, 15) is 4.79 Å². The lowest BCUT2D eigenvalue weighted by molar-refractivity contribution is -0.113. The van der Waals surface area contributed by atoms with Crippen molar-refractivity contribution in [3.05, 3.63) is 24.8 Å². The zero-order valence-corrected chi connectivity index (χ0v) is 11.2. The Morgan fingerprint density at radius 2 is 2.08 bits per heavy atom. The van der Waals surface area contributed by atoms with E-state index < -0.39 is 0 Å². The van der Waals surface area contributed by atoms with Crippen molar-refractivity contribution in [2.24, 2.45) is 0 Å². The summed E-state index contributed by atoms with van der Waals surface area (Å²) in [6, 6.07) is 1.99. The zero-order chi connectivity index (χ0) is 10.0. The molecule has 4 heteroatoms. The van der Waals surface area contributed by atoms with Gasteiger partial charge < -0.3 is 0 Å². The van der Waals surface area contributed by atoms with Crippen molar-refractivity contribution in [2.75, 3.05) is 0 Å². The van der Waals surface area contributed by atoms with Crippen LogP contribution >= 0.6 is 43.2 Å². The molecule has 0 spiro atoms. The first-order valence-corrected chi connectivity index (χ1v) is 6.05. The van der Waals surface area contributed by atoms with E-state index in [-0.39, 0.29) is 5.78 Å². The van der Waals surface area contributed by atoms with E-state index in [1.165, 1.54) is 0 Å². The monoisotopic (exact) mass is 322 g/mol.